The molecule has 9 heteroatoms. The zero-order valence-electron chi connectivity index (χ0n) is 16.6. The van der Waals surface area contributed by atoms with E-state index < -0.39 is 21.3 Å². The van der Waals surface area contributed by atoms with Crippen LogP contribution in [-0.2, 0) is 25.3 Å². The van der Waals surface area contributed by atoms with Gasteiger partial charge in [0.05, 0.1) is 24.4 Å². The molecule has 3 fully saturated rings. The maximum Gasteiger partial charge on any atom is 0.230 e. The number of hydrogen-bond acceptors (Lipinski definition) is 5. The highest BCUT2D eigenvalue weighted by Crippen LogP contribution is 2.41. The van der Waals surface area contributed by atoms with Crippen LogP contribution < -0.4 is 0 Å². The van der Waals surface area contributed by atoms with Gasteiger partial charge in [-0.25, -0.2) is 17.1 Å². The number of carbonyl (C=O) groups excluding carboxylic acids is 1. The molecule has 1 unspecified atom stereocenters. The van der Waals surface area contributed by atoms with Crippen molar-refractivity contribution in [1.29, 1.82) is 0 Å². The van der Waals surface area contributed by atoms with Crippen molar-refractivity contribution in [3.8, 4) is 0 Å². The first-order valence-corrected chi connectivity index (χ1v) is 11.8. The van der Waals surface area contributed by atoms with E-state index in [9.17, 15) is 17.6 Å². The van der Waals surface area contributed by atoms with E-state index >= 15 is 0 Å². The highest BCUT2D eigenvalue weighted by atomic mass is 32.2. The number of amides is 1. The monoisotopic (exact) mass is 425 g/mol. The van der Waals surface area contributed by atoms with Gasteiger partial charge in [-0.1, -0.05) is 18.2 Å². The van der Waals surface area contributed by atoms with Crippen LogP contribution in [0.15, 0.2) is 24.3 Å². The van der Waals surface area contributed by atoms with E-state index in [0.29, 0.717) is 32.5 Å². The molecule has 1 amide bonds. The second kappa shape index (κ2) is 8.29. The molecule has 0 aliphatic carbocycles. The van der Waals surface area contributed by atoms with Crippen molar-refractivity contribution in [3.63, 3.8) is 0 Å². The molecular weight excluding hydrogens is 397 g/mol. The fraction of sp³-hybridized carbons (Fsp3) is 0.650. The molecule has 3 aliphatic rings. The number of sulfonamides is 1. The first-order valence-electron chi connectivity index (χ1n) is 10.2. The van der Waals surface area contributed by atoms with Gasteiger partial charge in [0.2, 0.25) is 15.9 Å². The first kappa shape index (κ1) is 20.7. The van der Waals surface area contributed by atoms with E-state index in [-0.39, 0.29) is 23.8 Å². The highest BCUT2D eigenvalue weighted by Gasteiger charge is 2.52. The predicted molar refractivity (Wildman–Crippen MR) is 106 cm³/mol. The summed E-state index contributed by atoms with van der Waals surface area (Å²) >= 11 is 0. The lowest BCUT2D eigenvalue weighted by Gasteiger charge is -2.29. The van der Waals surface area contributed by atoms with Gasteiger partial charge in [0.25, 0.3) is 0 Å². The number of likely N-dealkylation sites (tertiary alicyclic amines) is 1. The van der Waals surface area contributed by atoms with Gasteiger partial charge in [0, 0.05) is 51.4 Å². The van der Waals surface area contributed by atoms with Crippen LogP contribution in [0.1, 0.15) is 18.4 Å². The summed E-state index contributed by atoms with van der Waals surface area (Å²) in [5, 5.41) is 0. The highest BCUT2D eigenvalue weighted by molar-refractivity contribution is 7.88. The molecule has 160 valence electrons. The van der Waals surface area contributed by atoms with Crippen molar-refractivity contribution in [2.75, 3.05) is 59.0 Å². The Morgan fingerprint density at radius 1 is 1.03 bits per heavy atom. The minimum Gasteiger partial charge on any atom is -0.379 e. The number of morpholine rings is 1. The van der Waals surface area contributed by atoms with Gasteiger partial charge in [-0.15, -0.1) is 0 Å². The fourth-order valence-electron chi connectivity index (χ4n) is 4.55. The van der Waals surface area contributed by atoms with E-state index in [0.717, 1.165) is 32.8 Å². The van der Waals surface area contributed by atoms with Gasteiger partial charge >= 0.3 is 0 Å². The van der Waals surface area contributed by atoms with Crippen LogP contribution >= 0.6 is 0 Å². The molecule has 7 nitrogen and oxygen atoms in total. The SMILES string of the molecule is O=C1N(CCN2CCOCC2)CCC12CCN(S(=O)(=O)Cc1ccccc1F)C2. The van der Waals surface area contributed by atoms with Crippen molar-refractivity contribution in [2.45, 2.75) is 18.6 Å². The van der Waals surface area contributed by atoms with Gasteiger partial charge < -0.3 is 9.64 Å². The minimum atomic E-state index is -3.67. The van der Waals surface area contributed by atoms with Gasteiger partial charge in [-0.05, 0) is 18.9 Å². The van der Waals surface area contributed by atoms with E-state index in [1.165, 1.54) is 16.4 Å². The molecule has 0 aromatic heterocycles. The predicted octanol–water partition coefficient (Wildman–Crippen LogP) is 0.912. The van der Waals surface area contributed by atoms with Crippen LogP contribution in [0.25, 0.3) is 0 Å². The molecule has 1 atom stereocenters. The van der Waals surface area contributed by atoms with Gasteiger partial charge in [-0.3, -0.25) is 9.69 Å². The summed E-state index contributed by atoms with van der Waals surface area (Å²) in [6.45, 7) is 5.91. The minimum absolute atomic E-state index is 0.0642. The lowest BCUT2D eigenvalue weighted by molar-refractivity contribution is -0.135. The van der Waals surface area contributed by atoms with Crippen molar-refractivity contribution >= 4 is 15.9 Å². The van der Waals surface area contributed by atoms with Crippen LogP contribution in [0.5, 0.6) is 0 Å². The number of carbonyl (C=O) groups is 1. The van der Waals surface area contributed by atoms with E-state index in [4.69, 9.17) is 4.74 Å². The fourth-order valence-corrected chi connectivity index (χ4v) is 6.17. The number of benzene rings is 1. The summed E-state index contributed by atoms with van der Waals surface area (Å²) in [6.07, 6.45) is 1.22. The summed E-state index contributed by atoms with van der Waals surface area (Å²) in [5.74, 6) is -0.824. The topological polar surface area (TPSA) is 70.2 Å². The Labute approximate surface area is 171 Å². The standard InChI is InChI=1S/C20H28FN3O4S/c21-18-4-2-1-3-17(18)15-29(26,27)24-8-6-20(16-24)5-7-23(19(20)25)10-9-22-11-13-28-14-12-22/h1-4H,5-16H2. The third-order valence-electron chi connectivity index (χ3n) is 6.40. The average Bonchev–Trinajstić information content (AvgIpc) is 3.29. The number of ether oxygens (including phenoxy) is 1. The molecule has 0 bridgehead atoms. The first-order chi connectivity index (χ1) is 13.9. The molecule has 3 heterocycles. The van der Waals surface area contributed by atoms with Crippen LogP contribution in [-0.4, -0.2) is 87.5 Å². The molecule has 1 aromatic rings. The Kier molecular flexibility index (Phi) is 5.92. The second-order valence-electron chi connectivity index (χ2n) is 8.21. The summed E-state index contributed by atoms with van der Waals surface area (Å²) in [6, 6.07) is 5.93. The Morgan fingerprint density at radius 2 is 1.76 bits per heavy atom. The Hall–Kier alpha value is -1.55. The zero-order valence-corrected chi connectivity index (χ0v) is 17.4. The summed E-state index contributed by atoms with van der Waals surface area (Å²) in [4.78, 5) is 17.3. The number of hydrogen-bond donors (Lipinski definition) is 0. The van der Waals surface area contributed by atoms with Gasteiger partial charge in [0.1, 0.15) is 5.82 Å². The molecule has 4 rings (SSSR count). The summed E-state index contributed by atoms with van der Waals surface area (Å²) < 4.78 is 46.3. The quantitative estimate of drug-likeness (QED) is 0.678. The van der Waals surface area contributed by atoms with Crippen LogP contribution in [0.3, 0.4) is 0 Å². The van der Waals surface area contributed by atoms with Crippen molar-refractivity contribution < 1.29 is 22.3 Å². The third-order valence-corrected chi connectivity index (χ3v) is 8.17. The third kappa shape index (κ3) is 4.33. The second-order valence-corrected chi connectivity index (χ2v) is 10.2. The van der Waals surface area contributed by atoms with Gasteiger partial charge in [0.15, 0.2) is 0 Å². The van der Waals surface area contributed by atoms with E-state index in [1.54, 1.807) is 12.1 Å². The van der Waals surface area contributed by atoms with Crippen molar-refractivity contribution in [3.05, 3.63) is 35.6 Å². The summed E-state index contributed by atoms with van der Waals surface area (Å²) in [5.41, 5.74) is -0.453. The van der Waals surface area contributed by atoms with E-state index in [2.05, 4.69) is 4.90 Å². The Morgan fingerprint density at radius 3 is 2.52 bits per heavy atom. The van der Waals surface area contributed by atoms with E-state index in [1.807, 2.05) is 4.90 Å². The molecule has 3 aliphatic heterocycles. The zero-order chi connectivity index (χ0) is 20.5. The molecule has 1 aromatic carbocycles. The Balaban J connectivity index is 1.37. The van der Waals surface area contributed by atoms with Crippen LogP contribution in [0.4, 0.5) is 4.39 Å². The molecule has 1 spiro atoms. The molecular formula is C20H28FN3O4S. The van der Waals surface area contributed by atoms with Crippen molar-refractivity contribution in [1.82, 2.24) is 14.1 Å². The summed E-state index contributed by atoms with van der Waals surface area (Å²) in [7, 11) is -3.67. The molecule has 29 heavy (non-hydrogen) atoms. The van der Waals surface area contributed by atoms with Crippen molar-refractivity contribution in [2.24, 2.45) is 5.41 Å². The lowest BCUT2D eigenvalue weighted by Crippen LogP contribution is -2.44. The number of nitrogens with zero attached hydrogens (tertiary/aromatic N) is 3. The normalized spacial score (nSPS) is 26.7. The molecule has 0 radical (unpaired) electrons. The lowest BCUT2D eigenvalue weighted by atomic mass is 9.86. The average molecular weight is 426 g/mol. The molecule has 0 N–H and O–H groups in total. The molecule has 3 saturated heterocycles. The Bertz CT molecular complexity index is 859. The number of rotatable bonds is 6. The van der Waals surface area contributed by atoms with Crippen LogP contribution in [0.2, 0.25) is 0 Å². The largest absolute Gasteiger partial charge is 0.379 e. The van der Waals surface area contributed by atoms with Gasteiger partial charge in [-0.2, -0.15) is 0 Å². The maximum atomic E-state index is 13.9. The smallest absolute Gasteiger partial charge is 0.230 e. The van der Waals surface area contributed by atoms with Crippen LogP contribution in [0, 0.1) is 11.2 Å². The molecule has 0 saturated carbocycles. The maximum absolute atomic E-state index is 13.9. The number of halogens is 1.